The molecule has 0 fully saturated rings. The molecular formula is C15H15NO2. The first-order chi connectivity index (χ1) is 8.59. The summed E-state index contributed by atoms with van der Waals surface area (Å²) in [5.41, 5.74) is 2.49. The predicted octanol–water partition coefficient (Wildman–Crippen LogP) is 2.98. The summed E-state index contributed by atoms with van der Waals surface area (Å²) in [5, 5.41) is 9.21. The van der Waals surface area contributed by atoms with Crippen molar-refractivity contribution in [1.29, 1.82) is 0 Å². The summed E-state index contributed by atoms with van der Waals surface area (Å²) in [5.74, 6) is 0.0643. The molecule has 0 aliphatic carbocycles. The van der Waals surface area contributed by atoms with Gasteiger partial charge < -0.3 is 10.0 Å². The molecular weight excluding hydrogens is 226 g/mol. The second-order valence-corrected chi connectivity index (χ2v) is 4.20. The molecule has 0 aliphatic heterocycles. The van der Waals surface area contributed by atoms with Crippen molar-refractivity contribution in [1.82, 2.24) is 0 Å². The standard InChI is InChI=1S/C15H15NO2/c1-11-5-3-4-6-14(11)16(2)15(18)12-7-9-13(17)10-8-12/h3-10,17H,1-2H3. The maximum absolute atomic E-state index is 12.3. The van der Waals surface area contributed by atoms with Crippen LogP contribution in [0.15, 0.2) is 48.5 Å². The van der Waals surface area contributed by atoms with Crippen molar-refractivity contribution in [3.8, 4) is 5.75 Å². The van der Waals surface area contributed by atoms with E-state index in [0.29, 0.717) is 5.56 Å². The number of para-hydroxylation sites is 1. The summed E-state index contributed by atoms with van der Waals surface area (Å²) in [6.45, 7) is 1.97. The van der Waals surface area contributed by atoms with Crippen molar-refractivity contribution in [2.45, 2.75) is 6.92 Å². The first-order valence-corrected chi connectivity index (χ1v) is 5.72. The third-order valence-corrected chi connectivity index (χ3v) is 2.90. The summed E-state index contributed by atoms with van der Waals surface area (Å²) < 4.78 is 0. The molecule has 3 nitrogen and oxygen atoms in total. The first kappa shape index (κ1) is 12.2. The lowest BCUT2D eigenvalue weighted by Crippen LogP contribution is -2.26. The smallest absolute Gasteiger partial charge is 0.258 e. The van der Waals surface area contributed by atoms with Crippen molar-refractivity contribution >= 4 is 11.6 Å². The number of phenols is 1. The molecule has 0 atom stereocenters. The monoisotopic (exact) mass is 241 g/mol. The highest BCUT2D eigenvalue weighted by molar-refractivity contribution is 6.06. The average molecular weight is 241 g/mol. The topological polar surface area (TPSA) is 40.5 Å². The number of anilines is 1. The minimum atomic E-state index is -0.0932. The van der Waals surface area contributed by atoms with Crippen molar-refractivity contribution in [3.05, 3.63) is 59.7 Å². The number of carbonyl (C=O) groups is 1. The van der Waals surface area contributed by atoms with Crippen LogP contribution in [0.2, 0.25) is 0 Å². The molecule has 2 aromatic rings. The molecule has 1 N–H and O–H groups in total. The maximum atomic E-state index is 12.3. The van der Waals surface area contributed by atoms with Crippen LogP contribution in [0, 0.1) is 6.92 Å². The fourth-order valence-corrected chi connectivity index (χ4v) is 1.85. The second-order valence-electron chi connectivity index (χ2n) is 4.20. The van der Waals surface area contributed by atoms with E-state index in [1.165, 1.54) is 12.1 Å². The number of aryl methyl sites for hydroxylation is 1. The number of hydrogen-bond acceptors (Lipinski definition) is 2. The molecule has 92 valence electrons. The minimum Gasteiger partial charge on any atom is -0.508 e. The Bertz CT molecular complexity index is 561. The van der Waals surface area contributed by atoms with Gasteiger partial charge in [0, 0.05) is 18.3 Å². The Labute approximate surface area is 106 Å². The average Bonchev–Trinajstić information content (AvgIpc) is 2.38. The minimum absolute atomic E-state index is 0.0932. The van der Waals surface area contributed by atoms with E-state index in [9.17, 15) is 9.90 Å². The quantitative estimate of drug-likeness (QED) is 0.878. The van der Waals surface area contributed by atoms with Crippen LogP contribution in [-0.2, 0) is 0 Å². The molecule has 2 rings (SSSR count). The third-order valence-electron chi connectivity index (χ3n) is 2.90. The van der Waals surface area contributed by atoms with Gasteiger partial charge in [0.1, 0.15) is 5.75 Å². The molecule has 0 aromatic heterocycles. The Kier molecular flexibility index (Phi) is 3.33. The van der Waals surface area contributed by atoms with Gasteiger partial charge in [-0.25, -0.2) is 0 Å². The zero-order valence-corrected chi connectivity index (χ0v) is 10.4. The van der Waals surface area contributed by atoms with Crippen LogP contribution in [0.25, 0.3) is 0 Å². The van der Waals surface area contributed by atoms with Crippen LogP contribution in [0.1, 0.15) is 15.9 Å². The normalized spacial score (nSPS) is 10.1. The van der Waals surface area contributed by atoms with E-state index in [2.05, 4.69) is 0 Å². The first-order valence-electron chi connectivity index (χ1n) is 5.72. The number of carbonyl (C=O) groups excluding carboxylic acids is 1. The lowest BCUT2D eigenvalue weighted by Gasteiger charge is -2.19. The molecule has 0 spiro atoms. The fraction of sp³-hybridized carbons (Fsp3) is 0.133. The Balaban J connectivity index is 2.29. The Morgan fingerprint density at radius 2 is 1.67 bits per heavy atom. The van der Waals surface area contributed by atoms with Gasteiger partial charge in [-0.1, -0.05) is 18.2 Å². The van der Waals surface area contributed by atoms with E-state index in [-0.39, 0.29) is 11.7 Å². The maximum Gasteiger partial charge on any atom is 0.258 e. The summed E-state index contributed by atoms with van der Waals surface area (Å²) in [6.07, 6.45) is 0. The van der Waals surface area contributed by atoms with Crippen molar-refractivity contribution in [2.24, 2.45) is 0 Å². The zero-order valence-electron chi connectivity index (χ0n) is 10.4. The van der Waals surface area contributed by atoms with E-state index in [0.717, 1.165) is 11.3 Å². The number of nitrogens with zero attached hydrogens (tertiary/aromatic N) is 1. The Morgan fingerprint density at radius 1 is 1.06 bits per heavy atom. The molecule has 0 saturated carbocycles. The van der Waals surface area contributed by atoms with E-state index in [4.69, 9.17) is 0 Å². The van der Waals surface area contributed by atoms with Gasteiger partial charge in [0.05, 0.1) is 0 Å². The number of rotatable bonds is 2. The second kappa shape index (κ2) is 4.92. The number of hydrogen-bond donors (Lipinski definition) is 1. The van der Waals surface area contributed by atoms with Crippen LogP contribution in [0.3, 0.4) is 0 Å². The van der Waals surface area contributed by atoms with Gasteiger partial charge in [-0.2, -0.15) is 0 Å². The number of phenolic OH excluding ortho intramolecular Hbond substituents is 1. The van der Waals surface area contributed by atoms with Crippen LogP contribution in [0.5, 0.6) is 5.75 Å². The number of amides is 1. The van der Waals surface area contributed by atoms with Gasteiger partial charge in [-0.15, -0.1) is 0 Å². The van der Waals surface area contributed by atoms with Gasteiger partial charge in [-0.3, -0.25) is 4.79 Å². The SMILES string of the molecule is Cc1ccccc1N(C)C(=O)c1ccc(O)cc1. The third kappa shape index (κ3) is 2.35. The van der Waals surface area contributed by atoms with E-state index in [1.807, 2.05) is 31.2 Å². The Hall–Kier alpha value is -2.29. The van der Waals surface area contributed by atoms with Gasteiger partial charge in [0.15, 0.2) is 0 Å². The summed E-state index contributed by atoms with van der Waals surface area (Å²) in [7, 11) is 1.75. The molecule has 3 heteroatoms. The van der Waals surface area contributed by atoms with Crippen LogP contribution in [0.4, 0.5) is 5.69 Å². The molecule has 0 saturated heterocycles. The van der Waals surface area contributed by atoms with E-state index >= 15 is 0 Å². The molecule has 0 radical (unpaired) electrons. The van der Waals surface area contributed by atoms with Gasteiger partial charge in [0.2, 0.25) is 0 Å². The van der Waals surface area contributed by atoms with Crippen molar-refractivity contribution in [3.63, 3.8) is 0 Å². The van der Waals surface area contributed by atoms with Crippen molar-refractivity contribution in [2.75, 3.05) is 11.9 Å². The fourth-order valence-electron chi connectivity index (χ4n) is 1.85. The highest BCUT2D eigenvalue weighted by Gasteiger charge is 2.14. The highest BCUT2D eigenvalue weighted by Crippen LogP contribution is 2.20. The van der Waals surface area contributed by atoms with Crippen LogP contribution in [-0.4, -0.2) is 18.1 Å². The molecule has 0 bridgehead atoms. The number of benzene rings is 2. The molecule has 0 unspecified atom stereocenters. The van der Waals surface area contributed by atoms with Crippen LogP contribution < -0.4 is 4.90 Å². The lowest BCUT2D eigenvalue weighted by atomic mass is 10.1. The molecule has 0 heterocycles. The Morgan fingerprint density at radius 3 is 2.28 bits per heavy atom. The lowest BCUT2D eigenvalue weighted by molar-refractivity contribution is 0.0993. The summed E-state index contributed by atoms with van der Waals surface area (Å²) in [4.78, 5) is 13.9. The summed E-state index contributed by atoms with van der Waals surface area (Å²) >= 11 is 0. The van der Waals surface area contributed by atoms with E-state index < -0.39 is 0 Å². The summed E-state index contributed by atoms with van der Waals surface area (Å²) in [6, 6.07) is 14.0. The zero-order chi connectivity index (χ0) is 13.1. The van der Waals surface area contributed by atoms with Gasteiger partial charge >= 0.3 is 0 Å². The van der Waals surface area contributed by atoms with Gasteiger partial charge in [0.25, 0.3) is 5.91 Å². The molecule has 1 amide bonds. The van der Waals surface area contributed by atoms with Crippen LogP contribution >= 0.6 is 0 Å². The molecule has 18 heavy (non-hydrogen) atoms. The molecule has 2 aromatic carbocycles. The largest absolute Gasteiger partial charge is 0.508 e. The van der Waals surface area contributed by atoms with E-state index in [1.54, 1.807) is 24.1 Å². The molecule has 0 aliphatic rings. The predicted molar refractivity (Wildman–Crippen MR) is 72.0 cm³/mol. The number of aromatic hydroxyl groups is 1. The highest BCUT2D eigenvalue weighted by atomic mass is 16.3. The van der Waals surface area contributed by atoms with Gasteiger partial charge in [-0.05, 0) is 42.8 Å². The van der Waals surface area contributed by atoms with Crippen molar-refractivity contribution < 1.29 is 9.90 Å².